The van der Waals surface area contributed by atoms with Crippen molar-refractivity contribution in [3.05, 3.63) is 48.6 Å². The van der Waals surface area contributed by atoms with Crippen molar-refractivity contribution >= 4 is 19.8 Å². The zero-order valence-corrected chi connectivity index (χ0v) is 36.4. The second-order valence-corrected chi connectivity index (χ2v) is 16.3. The Kier molecular flexibility index (Phi) is 39.6. The summed E-state index contributed by atoms with van der Waals surface area (Å²) in [4.78, 5) is 33.5. The monoisotopic (exact) mass is 812 g/mol. The van der Waals surface area contributed by atoms with Crippen molar-refractivity contribution in [3.8, 4) is 0 Å². The number of phosphoric acid groups is 1. The van der Waals surface area contributed by atoms with Gasteiger partial charge in [0, 0.05) is 13.0 Å². The van der Waals surface area contributed by atoms with Gasteiger partial charge in [-0.3, -0.25) is 18.6 Å². The van der Waals surface area contributed by atoms with Gasteiger partial charge in [0.05, 0.1) is 19.8 Å². The van der Waals surface area contributed by atoms with Crippen LogP contribution in [0.3, 0.4) is 0 Å². The van der Waals surface area contributed by atoms with Crippen LogP contribution in [0.1, 0.15) is 187 Å². The fraction of sp³-hybridized carbons (Fsp3) is 0.778. The van der Waals surface area contributed by atoms with Crippen LogP contribution in [0.15, 0.2) is 48.6 Å². The van der Waals surface area contributed by atoms with Gasteiger partial charge in [0.15, 0.2) is 0 Å². The molecule has 0 aromatic rings. The normalized spacial score (nSPS) is 14.4. The number of unbranched alkanes of at least 4 members (excludes halogenated alkanes) is 20. The second kappa shape index (κ2) is 41.1. The average molecular weight is 812 g/mol. The lowest BCUT2D eigenvalue weighted by Crippen LogP contribution is -2.34. The van der Waals surface area contributed by atoms with Crippen LogP contribution in [-0.4, -0.2) is 60.5 Å². The lowest BCUT2D eigenvalue weighted by molar-refractivity contribution is -0.154. The molecule has 0 spiro atoms. The van der Waals surface area contributed by atoms with E-state index in [-0.39, 0.29) is 13.0 Å². The van der Waals surface area contributed by atoms with E-state index in [1.165, 1.54) is 77.0 Å². The number of allylic oxidation sites excluding steroid dienone is 8. The number of carboxylic acids is 1. The zero-order chi connectivity index (χ0) is 41.2. The van der Waals surface area contributed by atoms with E-state index in [0.29, 0.717) is 13.0 Å². The second-order valence-electron chi connectivity index (χ2n) is 14.8. The van der Waals surface area contributed by atoms with Crippen molar-refractivity contribution in [2.24, 2.45) is 5.73 Å². The molecular formula is C45H82NO9P. The van der Waals surface area contributed by atoms with Crippen molar-refractivity contribution in [3.63, 3.8) is 0 Å². The standard InChI is InChI=1S/C45H82NO9P/c1-3-5-7-9-11-13-15-17-19-20-21-22-23-25-27-29-31-33-35-37-44(47)55-42(40-53-56(50,51)54-41-43(46)45(48)49)39-52-38-36-34-32-30-28-26-24-18-16-14-12-10-8-6-4-2/h5,7,11,13,17,19,21-22,42-43H,3-4,6,8-10,12,14-16,18,20,23-41,46H2,1-2H3,(H,48,49)(H,50,51)/b7-5-,13-11-,19-17-,22-21-. The Balaban J connectivity index is 4.25. The fourth-order valence-electron chi connectivity index (χ4n) is 5.95. The van der Waals surface area contributed by atoms with E-state index in [1.54, 1.807) is 0 Å². The predicted molar refractivity (Wildman–Crippen MR) is 231 cm³/mol. The molecule has 3 unspecified atom stereocenters. The summed E-state index contributed by atoms with van der Waals surface area (Å²) in [5.41, 5.74) is 5.36. The Hall–Kier alpha value is -2.07. The van der Waals surface area contributed by atoms with Crippen LogP contribution >= 0.6 is 7.82 Å². The van der Waals surface area contributed by atoms with E-state index in [9.17, 15) is 19.0 Å². The van der Waals surface area contributed by atoms with Gasteiger partial charge in [-0.05, 0) is 51.4 Å². The van der Waals surface area contributed by atoms with E-state index in [2.05, 4.69) is 62.5 Å². The highest BCUT2D eigenvalue weighted by Gasteiger charge is 2.27. The number of hydrogen-bond acceptors (Lipinski definition) is 8. The molecule has 0 fully saturated rings. The summed E-state index contributed by atoms with van der Waals surface area (Å²) < 4.78 is 33.4. The Bertz CT molecular complexity index is 1080. The molecule has 0 aliphatic heterocycles. The van der Waals surface area contributed by atoms with Crippen LogP contribution in [0.5, 0.6) is 0 Å². The van der Waals surface area contributed by atoms with Crippen LogP contribution in [0, 0.1) is 0 Å². The van der Waals surface area contributed by atoms with Crippen molar-refractivity contribution in [1.82, 2.24) is 0 Å². The first-order valence-corrected chi connectivity index (χ1v) is 23.7. The van der Waals surface area contributed by atoms with Gasteiger partial charge in [-0.25, -0.2) is 4.57 Å². The quantitative estimate of drug-likeness (QED) is 0.0235. The molecule has 10 nitrogen and oxygen atoms in total. The summed E-state index contributed by atoms with van der Waals surface area (Å²) >= 11 is 0. The lowest BCUT2D eigenvalue weighted by Gasteiger charge is -2.20. The summed E-state index contributed by atoms with van der Waals surface area (Å²) in [6, 6.07) is -1.48. The summed E-state index contributed by atoms with van der Waals surface area (Å²) in [5, 5.41) is 8.90. The number of carboxylic acid groups (broad SMARTS) is 1. The smallest absolute Gasteiger partial charge is 0.472 e. The highest BCUT2D eigenvalue weighted by atomic mass is 31.2. The molecule has 0 aliphatic carbocycles. The Morgan fingerprint density at radius 2 is 1.04 bits per heavy atom. The molecule has 0 saturated heterocycles. The van der Waals surface area contributed by atoms with Crippen LogP contribution in [-0.2, 0) is 32.7 Å². The number of hydrogen-bond donors (Lipinski definition) is 3. The van der Waals surface area contributed by atoms with Gasteiger partial charge >= 0.3 is 19.8 Å². The molecule has 56 heavy (non-hydrogen) atoms. The minimum absolute atomic E-state index is 0.0122. The zero-order valence-electron chi connectivity index (χ0n) is 35.5. The predicted octanol–water partition coefficient (Wildman–Crippen LogP) is 12.3. The third-order valence-corrected chi connectivity index (χ3v) is 10.3. The summed E-state index contributed by atoms with van der Waals surface area (Å²) in [6.45, 7) is 3.76. The Morgan fingerprint density at radius 3 is 1.55 bits per heavy atom. The molecular weight excluding hydrogens is 729 g/mol. The Morgan fingerprint density at radius 1 is 0.589 bits per heavy atom. The van der Waals surface area contributed by atoms with Gasteiger partial charge in [0.2, 0.25) is 0 Å². The third-order valence-electron chi connectivity index (χ3n) is 9.37. The molecule has 0 aromatic heterocycles. The maximum Gasteiger partial charge on any atom is 0.472 e. The van der Waals surface area contributed by atoms with Crippen LogP contribution in [0.25, 0.3) is 0 Å². The van der Waals surface area contributed by atoms with Crippen LogP contribution in [0.4, 0.5) is 0 Å². The molecule has 0 heterocycles. The highest BCUT2D eigenvalue weighted by molar-refractivity contribution is 7.47. The maximum atomic E-state index is 12.6. The molecule has 0 amide bonds. The third kappa shape index (κ3) is 40.1. The molecule has 11 heteroatoms. The first-order chi connectivity index (χ1) is 27.2. The Labute approximate surface area is 341 Å². The number of aliphatic carboxylic acids is 1. The largest absolute Gasteiger partial charge is 0.480 e. The average Bonchev–Trinajstić information content (AvgIpc) is 3.18. The number of phosphoric ester groups is 1. The number of rotatable bonds is 42. The molecule has 326 valence electrons. The summed E-state index contributed by atoms with van der Waals surface area (Å²) in [6.07, 6.45) is 47.3. The van der Waals surface area contributed by atoms with Crippen LogP contribution in [0.2, 0.25) is 0 Å². The first kappa shape index (κ1) is 53.9. The van der Waals surface area contributed by atoms with Crippen molar-refractivity contribution < 1.29 is 42.7 Å². The van der Waals surface area contributed by atoms with Gasteiger partial charge in [-0.2, -0.15) is 0 Å². The SMILES string of the molecule is CC/C=C\C/C=C\C/C=C\C/C=C\CCCCCCCCC(=O)OC(COCCCCCCCCCCCCCCCCC)COP(=O)(O)OCC(N)C(=O)O. The molecule has 0 bridgehead atoms. The molecule has 0 saturated carbocycles. The minimum Gasteiger partial charge on any atom is -0.480 e. The molecule has 0 rings (SSSR count). The summed E-state index contributed by atoms with van der Waals surface area (Å²) in [5.74, 6) is -1.79. The molecule has 0 aliphatic rings. The van der Waals surface area contributed by atoms with Gasteiger partial charge in [0.25, 0.3) is 0 Å². The van der Waals surface area contributed by atoms with Gasteiger partial charge in [-0.15, -0.1) is 0 Å². The topological polar surface area (TPSA) is 155 Å². The summed E-state index contributed by atoms with van der Waals surface area (Å²) in [7, 11) is -4.62. The van der Waals surface area contributed by atoms with E-state index >= 15 is 0 Å². The van der Waals surface area contributed by atoms with E-state index in [4.69, 9.17) is 29.4 Å². The molecule has 3 atom stereocenters. The number of carbonyl (C=O) groups is 2. The number of carbonyl (C=O) groups excluding carboxylic acids is 1. The van der Waals surface area contributed by atoms with Crippen molar-refractivity contribution in [1.29, 1.82) is 0 Å². The van der Waals surface area contributed by atoms with Crippen LogP contribution < -0.4 is 5.73 Å². The molecule has 0 radical (unpaired) electrons. The fourth-order valence-corrected chi connectivity index (χ4v) is 6.73. The van der Waals surface area contributed by atoms with Gasteiger partial charge in [-0.1, -0.05) is 178 Å². The number of esters is 1. The first-order valence-electron chi connectivity index (χ1n) is 22.2. The number of nitrogens with two attached hydrogens (primary N) is 1. The maximum absolute atomic E-state index is 12.6. The molecule has 0 aromatic carbocycles. The highest BCUT2D eigenvalue weighted by Crippen LogP contribution is 2.43. The molecule has 4 N–H and O–H groups in total. The van der Waals surface area contributed by atoms with Crippen molar-refractivity contribution in [2.75, 3.05) is 26.4 Å². The number of ether oxygens (including phenoxy) is 2. The van der Waals surface area contributed by atoms with E-state index in [1.807, 2.05) is 0 Å². The van der Waals surface area contributed by atoms with E-state index < -0.39 is 45.1 Å². The van der Waals surface area contributed by atoms with Gasteiger partial charge in [0.1, 0.15) is 12.1 Å². The minimum atomic E-state index is -4.62. The lowest BCUT2D eigenvalue weighted by atomic mass is 10.0. The van der Waals surface area contributed by atoms with E-state index in [0.717, 1.165) is 83.5 Å². The van der Waals surface area contributed by atoms with Gasteiger partial charge < -0.3 is 25.2 Å². The van der Waals surface area contributed by atoms with Crippen molar-refractivity contribution in [2.45, 2.75) is 199 Å².